The van der Waals surface area contributed by atoms with E-state index in [1.54, 1.807) is 23.0 Å². The Morgan fingerprint density at radius 2 is 2.05 bits per heavy atom. The molecule has 0 saturated carbocycles. The van der Waals surface area contributed by atoms with Crippen LogP contribution in [0.2, 0.25) is 0 Å². The molecule has 3 atom stereocenters. The second kappa shape index (κ2) is 9.26. The number of hydrogen-bond donors (Lipinski definition) is 2. The number of pyridine rings is 1. The molecule has 198 valence electrons. The molecule has 37 heavy (non-hydrogen) atoms. The number of aliphatic hydroxyl groups is 1. The van der Waals surface area contributed by atoms with E-state index in [1.807, 2.05) is 19.9 Å². The largest absolute Gasteiger partial charge is 0.486 e. The second-order valence-electron chi connectivity index (χ2n) is 10.5. The van der Waals surface area contributed by atoms with E-state index in [9.17, 15) is 9.90 Å². The smallest absolute Gasteiger partial charge is 0.326 e. The predicted molar refractivity (Wildman–Crippen MR) is 138 cm³/mol. The molecule has 6 heterocycles. The summed E-state index contributed by atoms with van der Waals surface area (Å²) in [6, 6.07) is 1.78. The van der Waals surface area contributed by atoms with Crippen molar-refractivity contribution in [3.05, 3.63) is 23.7 Å². The van der Waals surface area contributed by atoms with Gasteiger partial charge in [0.1, 0.15) is 17.3 Å². The number of amides is 2. The van der Waals surface area contributed by atoms with Gasteiger partial charge in [-0.1, -0.05) is 11.8 Å². The quantitative estimate of drug-likeness (QED) is 0.607. The lowest BCUT2D eigenvalue weighted by Gasteiger charge is -2.42. The van der Waals surface area contributed by atoms with Crippen molar-refractivity contribution in [2.75, 3.05) is 49.7 Å². The number of nitrogens with two attached hydrogens (primary N) is 1. The summed E-state index contributed by atoms with van der Waals surface area (Å²) in [7, 11) is 1.79. The van der Waals surface area contributed by atoms with Gasteiger partial charge in [0.05, 0.1) is 35.9 Å². The maximum absolute atomic E-state index is 12.7. The topological polar surface area (TPSA) is 130 Å². The highest BCUT2D eigenvalue weighted by atomic mass is 32.2. The standard InChI is InChI=1S/C25H33N7O4S/c1-14-23(37-18-4-7-27-22-19(18)35-12-16-10-30(3)24(34)32(16)22)29-17(11-33)21(28-14)31-8-5-25(6-9-31)13-36-15(2)20(25)26/h4,7,15-16,20,33H,5-6,8-13,26H2,1-3H3/t15-,16?,20+/m0/s1. The van der Waals surface area contributed by atoms with Crippen LogP contribution in [0.4, 0.5) is 16.4 Å². The van der Waals surface area contributed by atoms with Gasteiger partial charge in [-0.25, -0.2) is 19.7 Å². The molecule has 1 spiro atoms. The Kier molecular flexibility index (Phi) is 6.17. The van der Waals surface area contributed by atoms with Crippen LogP contribution in [-0.4, -0.2) is 89.1 Å². The van der Waals surface area contributed by atoms with Gasteiger partial charge in [0.25, 0.3) is 0 Å². The monoisotopic (exact) mass is 527 g/mol. The van der Waals surface area contributed by atoms with Gasteiger partial charge in [0.15, 0.2) is 17.4 Å². The molecule has 2 aromatic rings. The lowest BCUT2D eigenvalue weighted by molar-refractivity contribution is 0.0973. The number of fused-ring (bicyclic) bond motifs is 3. The Labute approximate surface area is 220 Å². The zero-order chi connectivity index (χ0) is 25.9. The molecule has 0 bridgehead atoms. The molecule has 3 N–H and O–H groups in total. The van der Waals surface area contributed by atoms with E-state index in [1.165, 1.54) is 11.8 Å². The summed E-state index contributed by atoms with van der Waals surface area (Å²) in [5.41, 5.74) is 7.81. The lowest BCUT2D eigenvalue weighted by atomic mass is 9.73. The van der Waals surface area contributed by atoms with Crippen molar-refractivity contribution in [3.8, 4) is 5.75 Å². The first-order valence-electron chi connectivity index (χ1n) is 12.8. The minimum absolute atomic E-state index is 0.0124. The molecular formula is C25H33N7O4S. The van der Waals surface area contributed by atoms with Gasteiger partial charge in [-0.2, -0.15) is 0 Å². The minimum Gasteiger partial charge on any atom is -0.486 e. The third-order valence-corrected chi connectivity index (χ3v) is 9.34. The van der Waals surface area contributed by atoms with Crippen LogP contribution in [0.15, 0.2) is 22.2 Å². The number of aryl methyl sites for hydroxylation is 1. The van der Waals surface area contributed by atoms with Crippen LogP contribution in [-0.2, 0) is 11.3 Å². The minimum atomic E-state index is -0.210. The van der Waals surface area contributed by atoms with Gasteiger partial charge in [-0.3, -0.25) is 4.90 Å². The number of piperidine rings is 1. The number of anilines is 2. The number of aromatic nitrogens is 3. The Morgan fingerprint density at radius 1 is 1.27 bits per heavy atom. The van der Waals surface area contributed by atoms with E-state index >= 15 is 0 Å². The zero-order valence-electron chi connectivity index (χ0n) is 21.4. The SMILES string of the molecule is Cc1nc(N2CCC3(CC2)CO[C@@H](C)[C@H]3N)c(CO)nc1Sc1ccnc2c1OCC1CN(C)C(=O)N21. The van der Waals surface area contributed by atoms with Gasteiger partial charge in [-0.05, 0) is 32.8 Å². The molecule has 3 fully saturated rings. The highest BCUT2D eigenvalue weighted by Crippen LogP contribution is 2.45. The van der Waals surface area contributed by atoms with Crippen LogP contribution in [0.1, 0.15) is 31.2 Å². The number of hydrogen-bond acceptors (Lipinski definition) is 10. The molecule has 1 unspecified atom stereocenters. The van der Waals surface area contributed by atoms with Gasteiger partial charge >= 0.3 is 6.03 Å². The molecule has 2 aromatic heterocycles. The molecule has 12 heteroatoms. The van der Waals surface area contributed by atoms with Crippen LogP contribution in [0.25, 0.3) is 0 Å². The highest BCUT2D eigenvalue weighted by Gasteiger charge is 2.48. The highest BCUT2D eigenvalue weighted by molar-refractivity contribution is 7.99. The Hall–Kier alpha value is -2.67. The van der Waals surface area contributed by atoms with Gasteiger partial charge in [-0.15, -0.1) is 0 Å². The van der Waals surface area contributed by atoms with Crippen LogP contribution >= 0.6 is 11.8 Å². The van der Waals surface area contributed by atoms with E-state index in [0.717, 1.165) is 42.3 Å². The molecule has 3 saturated heterocycles. The third-order valence-electron chi connectivity index (χ3n) is 8.22. The van der Waals surface area contributed by atoms with E-state index < -0.39 is 0 Å². The van der Waals surface area contributed by atoms with Crippen molar-refractivity contribution in [2.24, 2.45) is 11.1 Å². The summed E-state index contributed by atoms with van der Waals surface area (Å²) in [5.74, 6) is 1.83. The van der Waals surface area contributed by atoms with Crippen molar-refractivity contribution in [1.29, 1.82) is 0 Å². The summed E-state index contributed by atoms with van der Waals surface area (Å²) in [6.45, 7) is 7.08. The van der Waals surface area contributed by atoms with Crippen LogP contribution < -0.4 is 20.3 Å². The average molecular weight is 528 g/mol. The van der Waals surface area contributed by atoms with Crippen LogP contribution in [0.5, 0.6) is 5.75 Å². The molecule has 4 aliphatic heterocycles. The van der Waals surface area contributed by atoms with Crippen molar-refractivity contribution < 1.29 is 19.4 Å². The number of carbonyl (C=O) groups excluding carboxylic acids is 1. The Morgan fingerprint density at radius 3 is 2.76 bits per heavy atom. The fourth-order valence-electron chi connectivity index (χ4n) is 5.92. The van der Waals surface area contributed by atoms with Gasteiger partial charge < -0.3 is 30.1 Å². The summed E-state index contributed by atoms with van der Waals surface area (Å²) in [6.07, 6.45) is 3.61. The predicted octanol–water partition coefficient (Wildman–Crippen LogP) is 1.79. The fourth-order valence-corrected chi connectivity index (χ4v) is 6.84. The Balaban J connectivity index is 1.24. The summed E-state index contributed by atoms with van der Waals surface area (Å²) in [4.78, 5) is 33.3. The third kappa shape index (κ3) is 4.01. The van der Waals surface area contributed by atoms with E-state index in [0.29, 0.717) is 42.0 Å². The van der Waals surface area contributed by atoms with Crippen molar-refractivity contribution in [1.82, 2.24) is 19.9 Å². The first-order chi connectivity index (χ1) is 17.8. The maximum atomic E-state index is 12.7. The molecule has 0 radical (unpaired) electrons. The Bertz CT molecular complexity index is 1220. The van der Waals surface area contributed by atoms with Crippen LogP contribution in [0, 0.1) is 12.3 Å². The molecular weight excluding hydrogens is 494 g/mol. The van der Waals surface area contributed by atoms with E-state index in [-0.39, 0.29) is 36.2 Å². The van der Waals surface area contributed by atoms with E-state index in [2.05, 4.69) is 9.88 Å². The number of likely N-dealkylation sites (N-methyl/N-ethyl adjacent to an activating group) is 1. The number of aliphatic hydroxyl groups excluding tert-OH is 1. The summed E-state index contributed by atoms with van der Waals surface area (Å²) >= 11 is 1.41. The van der Waals surface area contributed by atoms with Gasteiger partial charge in [0, 0.05) is 44.3 Å². The van der Waals surface area contributed by atoms with Crippen molar-refractivity contribution in [2.45, 2.75) is 61.4 Å². The van der Waals surface area contributed by atoms with Crippen molar-refractivity contribution in [3.63, 3.8) is 0 Å². The second-order valence-corrected chi connectivity index (χ2v) is 11.5. The molecule has 11 nitrogen and oxygen atoms in total. The number of ether oxygens (including phenoxy) is 2. The molecule has 6 rings (SSSR count). The number of urea groups is 1. The fraction of sp³-hybridized carbons (Fsp3) is 0.600. The first-order valence-corrected chi connectivity index (χ1v) is 13.6. The average Bonchev–Trinajstić information content (AvgIpc) is 3.35. The van der Waals surface area contributed by atoms with Crippen LogP contribution in [0.3, 0.4) is 0 Å². The molecule has 2 amide bonds. The lowest BCUT2D eigenvalue weighted by Crippen LogP contribution is -2.51. The van der Waals surface area contributed by atoms with Gasteiger partial charge in [0.2, 0.25) is 0 Å². The summed E-state index contributed by atoms with van der Waals surface area (Å²) in [5, 5.41) is 10.9. The number of rotatable bonds is 4. The van der Waals surface area contributed by atoms with Crippen molar-refractivity contribution >= 4 is 29.4 Å². The molecule has 0 aromatic carbocycles. The number of carbonyl (C=O) groups is 1. The van der Waals surface area contributed by atoms with E-state index in [4.69, 9.17) is 25.2 Å². The molecule has 4 aliphatic rings. The summed E-state index contributed by atoms with van der Waals surface area (Å²) < 4.78 is 11.9. The maximum Gasteiger partial charge on any atom is 0.326 e. The first kappa shape index (κ1) is 24.7. The number of nitrogens with zero attached hydrogens (tertiary/aromatic N) is 6. The zero-order valence-corrected chi connectivity index (χ0v) is 22.2. The molecule has 0 aliphatic carbocycles. The normalized spacial score (nSPS) is 26.5.